The first-order valence-electron chi connectivity index (χ1n) is 10.6. The first-order chi connectivity index (χ1) is 15.9. The van der Waals surface area contributed by atoms with Crippen LogP contribution in [0.25, 0.3) is 16.6 Å². The summed E-state index contributed by atoms with van der Waals surface area (Å²) in [5, 5.41) is 12.3. The van der Waals surface area contributed by atoms with Crippen molar-refractivity contribution in [2.45, 2.75) is 33.9 Å². The number of aryl methyl sites for hydroxylation is 3. The van der Waals surface area contributed by atoms with E-state index >= 15 is 0 Å². The van der Waals surface area contributed by atoms with Crippen LogP contribution in [0.15, 0.2) is 47.4 Å². The highest BCUT2D eigenvalue weighted by molar-refractivity contribution is 5.82. The van der Waals surface area contributed by atoms with E-state index in [0.717, 1.165) is 22.4 Å². The van der Waals surface area contributed by atoms with Crippen LogP contribution in [0.4, 0.5) is 0 Å². The van der Waals surface area contributed by atoms with Gasteiger partial charge in [0.05, 0.1) is 17.6 Å². The molecule has 1 aliphatic rings. The number of nitrogens with zero attached hydrogens (tertiary/aromatic N) is 4. The van der Waals surface area contributed by atoms with Crippen LogP contribution in [0.5, 0.6) is 11.5 Å². The fourth-order valence-electron chi connectivity index (χ4n) is 4.00. The van der Waals surface area contributed by atoms with E-state index in [1.165, 1.54) is 4.68 Å². The molecule has 0 fully saturated rings. The highest BCUT2D eigenvalue weighted by atomic mass is 16.7. The third-order valence-corrected chi connectivity index (χ3v) is 5.67. The zero-order chi connectivity index (χ0) is 23.1. The van der Waals surface area contributed by atoms with Crippen LogP contribution >= 0.6 is 0 Å². The van der Waals surface area contributed by atoms with Gasteiger partial charge in [0.25, 0.3) is 5.56 Å². The molecular formula is C24H23N5O4. The summed E-state index contributed by atoms with van der Waals surface area (Å²) in [6.45, 7) is 6.09. The van der Waals surface area contributed by atoms with Gasteiger partial charge in [-0.15, -0.1) is 0 Å². The van der Waals surface area contributed by atoms with Crippen molar-refractivity contribution in [1.29, 1.82) is 0 Å². The van der Waals surface area contributed by atoms with Gasteiger partial charge in [-0.25, -0.2) is 9.36 Å². The molecule has 0 saturated carbocycles. The maximum atomic E-state index is 13.3. The van der Waals surface area contributed by atoms with E-state index in [1.54, 1.807) is 23.9 Å². The van der Waals surface area contributed by atoms with Gasteiger partial charge >= 0.3 is 0 Å². The Balaban J connectivity index is 1.41. The van der Waals surface area contributed by atoms with Crippen molar-refractivity contribution < 1.29 is 14.3 Å². The number of hydrogen-bond acceptors (Lipinski definition) is 6. The maximum Gasteiger partial charge on any atom is 0.293 e. The Morgan fingerprint density at radius 3 is 2.73 bits per heavy atom. The number of benzene rings is 2. The molecule has 4 aromatic rings. The largest absolute Gasteiger partial charge is 0.454 e. The van der Waals surface area contributed by atoms with Gasteiger partial charge in [-0.05, 0) is 50.1 Å². The summed E-state index contributed by atoms with van der Waals surface area (Å²) in [4.78, 5) is 25.9. The molecule has 0 unspecified atom stereocenters. The summed E-state index contributed by atoms with van der Waals surface area (Å²) in [5.41, 5.74) is 4.47. The lowest BCUT2D eigenvalue weighted by atomic mass is 10.1. The van der Waals surface area contributed by atoms with Crippen LogP contribution in [0.3, 0.4) is 0 Å². The number of amides is 1. The first-order valence-corrected chi connectivity index (χ1v) is 10.6. The highest BCUT2D eigenvalue weighted by Gasteiger charge is 2.18. The molecule has 0 atom stereocenters. The number of hydrogen-bond donors (Lipinski definition) is 1. The van der Waals surface area contributed by atoms with Crippen molar-refractivity contribution in [3.8, 4) is 17.2 Å². The van der Waals surface area contributed by atoms with Gasteiger partial charge in [-0.2, -0.15) is 10.2 Å². The Morgan fingerprint density at radius 2 is 1.91 bits per heavy atom. The third-order valence-electron chi connectivity index (χ3n) is 5.67. The van der Waals surface area contributed by atoms with Gasteiger partial charge in [0.2, 0.25) is 12.7 Å². The fraction of sp³-hybridized carbons (Fsp3) is 0.250. The number of nitrogens with one attached hydrogen (secondary N) is 1. The zero-order valence-electron chi connectivity index (χ0n) is 18.6. The van der Waals surface area contributed by atoms with E-state index < -0.39 is 0 Å². The Hall–Kier alpha value is -4.14. The van der Waals surface area contributed by atoms with Crippen molar-refractivity contribution in [3.63, 3.8) is 0 Å². The zero-order valence-corrected chi connectivity index (χ0v) is 18.6. The van der Waals surface area contributed by atoms with Gasteiger partial charge in [0.1, 0.15) is 12.1 Å². The summed E-state index contributed by atoms with van der Waals surface area (Å²) in [5.74, 6) is 1.02. The summed E-state index contributed by atoms with van der Waals surface area (Å²) in [6, 6.07) is 11.4. The topological polar surface area (TPSA) is 100 Å². The van der Waals surface area contributed by atoms with Crippen LogP contribution in [0, 0.1) is 20.8 Å². The van der Waals surface area contributed by atoms with Gasteiger partial charge < -0.3 is 14.8 Å². The summed E-state index contributed by atoms with van der Waals surface area (Å²) in [6.07, 6.45) is 1.64. The van der Waals surface area contributed by atoms with E-state index in [0.29, 0.717) is 34.6 Å². The van der Waals surface area contributed by atoms with Crippen LogP contribution in [-0.4, -0.2) is 32.3 Å². The van der Waals surface area contributed by atoms with Gasteiger partial charge in [-0.3, -0.25) is 9.59 Å². The number of carbonyl (C=O) groups excluding carboxylic acids is 1. The molecule has 3 heterocycles. The molecule has 1 amide bonds. The Kier molecular flexibility index (Phi) is 5.08. The predicted octanol–water partition coefficient (Wildman–Crippen LogP) is 2.55. The van der Waals surface area contributed by atoms with Crippen LogP contribution in [0.2, 0.25) is 0 Å². The predicted molar refractivity (Wildman–Crippen MR) is 122 cm³/mol. The second kappa shape index (κ2) is 8.09. The molecule has 0 spiro atoms. The molecule has 2 aromatic carbocycles. The molecule has 2 aromatic heterocycles. The van der Waals surface area contributed by atoms with Gasteiger partial charge in [-0.1, -0.05) is 23.8 Å². The van der Waals surface area contributed by atoms with Crippen molar-refractivity contribution in [1.82, 2.24) is 24.9 Å². The number of rotatable bonds is 5. The molecule has 0 radical (unpaired) electrons. The van der Waals surface area contributed by atoms with Crippen molar-refractivity contribution in [2.24, 2.45) is 0 Å². The van der Waals surface area contributed by atoms with Crippen LogP contribution in [-0.2, 0) is 17.9 Å². The minimum absolute atomic E-state index is 0.195. The van der Waals surface area contributed by atoms with Crippen molar-refractivity contribution in [2.75, 3.05) is 6.79 Å². The molecule has 0 saturated heterocycles. The second-order valence-corrected chi connectivity index (χ2v) is 8.12. The summed E-state index contributed by atoms with van der Waals surface area (Å²) >= 11 is 0. The molecule has 9 heteroatoms. The average molecular weight is 445 g/mol. The molecule has 168 valence electrons. The lowest BCUT2D eigenvalue weighted by Crippen LogP contribution is -2.34. The third kappa shape index (κ3) is 3.82. The first kappa shape index (κ1) is 20.7. The van der Waals surface area contributed by atoms with Crippen molar-refractivity contribution in [3.05, 3.63) is 75.3 Å². The number of fused-ring (bicyclic) bond motifs is 2. The summed E-state index contributed by atoms with van der Waals surface area (Å²) in [7, 11) is 0. The number of carbonyl (C=O) groups is 1. The Bertz CT molecular complexity index is 1450. The van der Waals surface area contributed by atoms with Crippen molar-refractivity contribution >= 4 is 16.8 Å². The Morgan fingerprint density at radius 1 is 1.09 bits per heavy atom. The van der Waals surface area contributed by atoms with E-state index in [2.05, 4.69) is 15.5 Å². The standard InChI is InChI=1S/C24H23N5O4/c1-14-4-6-19(15(2)8-14)29-23-18(11-26-29)16(3)27-28(24(23)31)12-22(30)25-10-17-5-7-20-21(9-17)33-13-32-20/h4-9,11H,10,12-13H2,1-3H3,(H,25,30). The van der Waals surface area contributed by atoms with E-state index in [1.807, 2.05) is 44.2 Å². The lowest BCUT2D eigenvalue weighted by molar-refractivity contribution is -0.122. The highest BCUT2D eigenvalue weighted by Crippen LogP contribution is 2.32. The molecule has 33 heavy (non-hydrogen) atoms. The molecule has 0 aliphatic carbocycles. The maximum absolute atomic E-state index is 13.3. The molecule has 9 nitrogen and oxygen atoms in total. The monoisotopic (exact) mass is 445 g/mol. The molecule has 1 N–H and O–H groups in total. The Labute approximate surface area is 189 Å². The van der Waals surface area contributed by atoms with Crippen LogP contribution < -0.4 is 20.3 Å². The number of ether oxygens (including phenoxy) is 2. The summed E-state index contributed by atoms with van der Waals surface area (Å²) < 4.78 is 13.5. The molecule has 1 aliphatic heterocycles. The average Bonchev–Trinajstić information content (AvgIpc) is 3.43. The second-order valence-electron chi connectivity index (χ2n) is 8.12. The lowest BCUT2D eigenvalue weighted by Gasteiger charge is -2.11. The smallest absolute Gasteiger partial charge is 0.293 e. The SMILES string of the molecule is Cc1ccc(-n2ncc3c(C)nn(CC(=O)NCc4ccc5c(c4)OCO5)c(=O)c32)c(C)c1. The van der Waals surface area contributed by atoms with Gasteiger partial charge in [0.15, 0.2) is 11.5 Å². The van der Waals surface area contributed by atoms with E-state index in [-0.39, 0.29) is 24.8 Å². The number of aromatic nitrogens is 4. The quantitative estimate of drug-likeness (QED) is 0.507. The molecule has 5 rings (SSSR count). The molecular weight excluding hydrogens is 422 g/mol. The molecule has 0 bridgehead atoms. The van der Waals surface area contributed by atoms with Crippen LogP contribution in [0.1, 0.15) is 22.4 Å². The van der Waals surface area contributed by atoms with E-state index in [4.69, 9.17) is 9.47 Å². The van der Waals surface area contributed by atoms with E-state index in [9.17, 15) is 9.59 Å². The normalized spacial score (nSPS) is 12.3. The fourth-order valence-corrected chi connectivity index (χ4v) is 4.00. The minimum Gasteiger partial charge on any atom is -0.454 e. The minimum atomic E-state index is -0.369. The van der Waals surface area contributed by atoms with Gasteiger partial charge in [0, 0.05) is 11.9 Å².